The van der Waals surface area contributed by atoms with Gasteiger partial charge in [-0.25, -0.2) is 0 Å². The van der Waals surface area contributed by atoms with Gasteiger partial charge in [-0.15, -0.1) is 11.8 Å². The molecule has 1 amide bonds. The molecule has 1 N–H and O–H groups in total. The molecular formula is C19H21NO2S. The van der Waals surface area contributed by atoms with E-state index in [4.69, 9.17) is 0 Å². The van der Waals surface area contributed by atoms with Crippen LogP contribution in [0.3, 0.4) is 0 Å². The highest BCUT2D eigenvalue weighted by Crippen LogP contribution is 2.29. The molecule has 0 aliphatic rings. The second-order valence-corrected chi connectivity index (χ2v) is 7.03. The topological polar surface area (TPSA) is 46.2 Å². The van der Waals surface area contributed by atoms with Gasteiger partial charge in [0.2, 0.25) is 5.91 Å². The Kier molecular flexibility index (Phi) is 5.61. The van der Waals surface area contributed by atoms with Crippen molar-refractivity contribution in [1.29, 1.82) is 0 Å². The van der Waals surface area contributed by atoms with E-state index in [0.29, 0.717) is 11.3 Å². The molecule has 3 nitrogen and oxygen atoms in total. The largest absolute Gasteiger partial charge is 0.326 e. The second-order valence-electron chi connectivity index (χ2n) is 5.65. The summed E-state index contributed by atoms with van der Waals surface area (Å²) in [6.45, 7) is 7.51. The fourth-order valence-electron chi connectivity index (χ4n) is 2.33. The molecule has 120 valence electrons. The molecule has 0 spiro atoms. The summed E-state index contributed by atoms with van der Waals surface area (Å²) in [5, 5.41) is 2.53. The fraction of sp³-hybridized carbons (Fsp3) is 0.263. The van der Waals surface area contributed by atoms with Crippen LogP contribution in [-0.2, 0) is 4.79 Å². The van der Waals surface area contributed by atoms with E-state index in [1.165, 1.54) is 18.1 Å². The number of anilines is 1. The zero-order valence-electron chi connectivity index (χ0n) is 13.8. The highest BCUT2D eigenvalue weighted by molar-refractivity contribution is 8.00. The number of carbonyl (C=O) groups excluding carboxylic acids is 2. The van der Waals surface area contributed by atoms with Crippen LogP contribution in [0.2, 0.25) is 0 Å². The SMILES string of the molecule is CC(=O)Nc1ccc(C(=O)C(C)Sc2ccc(C)cc2C)cc1. The zero-order valence-corrected chi connectivity index (χ0v) is 14.7. The highest BCUT2D eigenvalue weighted by atomic mass is 32.2. The Morgan fingerprint density at radius 1 is 1.04 bits per heavy atom. The van der Waals surface area contributed by atoms with Crippen LogP contribution in [0.5, 0.6) is 0 Å². The minimum Gasteiger partial charge on any atom is -0.326 e. The maximum absolute atomic E-state index is 12.6. The first kappa shape index (κ1) is 17.3. The van der Waals surface area contributed by atoms with E-state index in [1.807, 2.05) is 6.92 Å². The lowest BCUT2D eigenvalue weighted by atomic mass is 10.1. The summed E-state index contributed by atoms with van der Waals surface area (Å²) in [4.78, 5) is 24.7. The van der Waals surface area contributed by atoms with E-state index in [-0.39, 0.29) is 16.9 Å². The van der Waals surface area contributed by atoms with Crippen LogP contribution < -0.4 is 5.32 Å². The fourth-order valence-corrected chi connectivity index (χ4v) is 3.35. The first-order valence-corrected chi connectivity index (χ1v) is 8.40. The van der Waals surface area contributed by atoms with E-state index in [0.717, 1.165) is 4.90 Å². The standard InChI is InChI=1S/C19H21NO2S/c1-12-5-10-18(13(2)11-12)23-14(3)19(22)16-6-8-17(9-7-16)20-15(4)21/h5-11,14H,1-4H3,(H,20,21). The molecule has 0 bridgehead atoms. The van der Waals surface area contributed by atoms with Gasteiger partial charge in [0, 0.05) is 23.1 Å². The van der Waals surface area contributed by atoms with Crippen LogP contribution in [0.25, 0.3) is 0 Å². The summed E-state index contributed by atoms with van der Waals surface area (Å²) in [5.41, 5.74) is 3.77. The van der Waals surface area contributed by atoms with Gasteiger partial charge in [-0.3, -0.25) is 9.59 Å². The third-order valence-electron chi connectivity index (χ3n) is 3.49. The number of hydrogen-bond acceptors (Lipinski definition) is 3. The number of Topliss-reactive ketones (excluding diaryl/α,β-unsaturated/α-hetero) is 1. The predicted octanol–water partition coefficient (Wildman–Crippen LogP) is 4.63. The maximum atomic E-state index is 12.6. The Morgan fingerprint density at radius 3 is 2.26 bits per heavy atom. The number of benzene rings is 2. The number of rotatable bonds is 5. The number of hydrogen-bond donors (Lipinski definition) is 1. The molecule has 2 aromatic carbocycles. The first-order valence-electron chi connectivity index (χ1n) is 7.52. The van der Waals surface area contributed by atoms with Crippen molar-refractivity contribution < 1.29 is 9.59 Å². The molecule has 0 aliphatic carbocycles. The van der Waals surface area contributed by atoms with E-state index in [9.17, 15) is 9.59 Å². The average Bonchev–Trinajstić information content (AvgIpc) is 2.49. The van der Waals surface area contributed by atoms with Crippen LogP contribution >= 0.6 is 11.8 Å². The predicted molar refractivity (Wildman–Crippen MR) is 96.3 cm³/mol. The van der Waals surface area contributed by atoms with E-state index in [1.54, 1.807) is 36.0 Å². The Bertz CT molecular complexity index is 723. The van der Waals surface area contributed by atoms with Crippen LogP contribution in [-0.4, -0.2) is 16.9 Å². The summed E-state index contributed by atoms with van der Waals surface area (Å²) in [6.07, 6.45) is 0. The summed E-state index contributed by atoms with van der Waals surface area (Å²) in [6, 6.07) is 13.3. The Morgan fingerprint density at radius 2 is 1.70 bits per heavy atom. The van der Waals surface area contributed by atoms with Crippen LogP contribution in [0.15, 0.2) is 47.4 Å². The van der Waals surface area contributed by atoms with Crippen molar-refractivity contribution in [3.05, 3.63) is 59.2 Å². The number of nitrogens with one attached hydrogen (secondary N) is 1. The monoisotopic (exact) mass is 327 g/mol. The van der Waals surface area contributed by atoms with Gasteiger partial charge in [0.05, 0.1) is 5.25 Å². The smallest absolute Gasteiger partial charge is 0.221 e. The number of amides is 1. The summed E-state index contributed by atoms with van der Waals surface area (Å²) in [5.74, 6) is -0.0350. The van der Waals surface area contributed by atoms with Gasteiger partial charge < -0.3 is 5.32 Å². The molecule has 2 rings (SSSR count). The third kappa shape index (κ3) is 4.70. The summed E-state index contributed by atoms with van der Waals surface area (Å²) in [7, 11) is 0. The minimum atomic E-state index is -0.164. The van der Waals surface area contributed by atoms with Crippen molar-refractivity contribution in [2.75, 3.05) is 5.32 Å². The quantitative estimate of drug-likeness (QED) is 0.643. The molecule has 4 heteroatoms. The van der Waals surface area contributed by atoms with Crippen LogP contribution in [0.4, 0.5) is 5.69 Å². The van der Waals surface area contributed by atoms with Crippen LogP contribution in [0, 0.1) is 13.8 Å². The van der Waals surface area contributed by atoms with Gasteiger partial charge in [-0.1, -0.05) is 17.7 Å². The molecule has 0 radical (unpaired) electrons. The Hall–Kier alpha value is -2.07. The third-order valence-corrected chi connectivity index (χ3v) is 4.77. The average molecular weight is 327 g/mol. The van der Waals surface area contributed by atoms with Gasteiger partial charge >= 0.3 is 0 Å². The van der Waals surface area contributed by atoms with Crippen molar-refractivity contribution in [3.8, 4) is 0 Å². The van der Waals surface area contributed by atoms with Gasteiger partial charge in [-0.2, -0.15) is 0 Å². The molecule has 1 unspecified atom stereocenters. The molecule has 0 saturated carbocycles. The van der Waals surface area contributed by atoms with Crippen molar-refractivity contribution in [2.45, 2.75) is 37.8 Å². The molecule has 23 heavy (non-hydrogen) atoms. The van der Waals surface area contributed by atoms with E-state index < -0.39 is 0 Å². The molecule has 0 saturated heterocycles. The van der Waals surface area contributed by atoms with E-state index >= 15 is 0 Å². The molecule has 0 aromatic heterocycles. The molecule has 2 aromatic rings. The lowest BCUT2D eigenvalue weighted by Crippen LogP contribution is -2.14. The van der Waals surface area contributed by atoms with Crippen molar-refractivity contribution in [3.63, 3.8) is 0 Å². The Labute approximate surface area is 141 Å². The second kappa shape index (κ2) is 7.47. The Balaban J connectivity index is 2.08. The van der Waals surface area contributed by atoms with Crippen molar-refractivity contribution in [1.82, 2.24) is 0 Å². The summed E-state index contributed by atoms with van der Waals surface area (Å²) < 4.78 is 0. The number of thioether (sulfide) groups is 1. The van der Waals surface area contributed by atoms with Gasteiger partial charge in [0.1, 0.15) is 0 Å². The lowest BCUT2D eigenvalue weighted by Gasteiger charge is -2.13. The molecule has 0 fully saturated rings. The molecule has 0 aliphatic heterocycles. The highest BCUT2D eigenvalue weighted by Gasteiger charge is 2.17. The number of aryl methyl sites for hydroxylation is 2. The minimum absolute atomic E-state index is 0.0874. The molecular weight excluding hydrogens is 306 g/mol. The van der Waals surface area contributed by atoms with Crippen molar-refractivity contribution >= 4 is 29.1 Å². The molecule has 1 atom stereocenters. The first-order chi connectivity index (χ1) is 10.9. The molecule has 0 heterocycles. The van der Waals surface area contributed by atoms with Gasteiger partial charge in [0.25, 0.3) is 0 Å². The van der Waals surface area contributed by atoms with E-state index in [2.05, 4.69) is 37.4 Å². The summed E-state index contributed by atoms with van der Waals surface area (Å²) >= 11 is 1.58. The lowest BCUT2D eigenvalue weighted by molar-refractivity contribution is -0.114. The number of ketones is 1. The van der Waals surface area contributed by atoms with Crippen LogP contribution in [0.1, 0.15) is 35.3 Å². The number of carbonyl (C=O) groups is 2. The van der Waals surface area contributed by atoms with Gasteiger partial charge in [-0.05, 0) is 56.7 Å². The van der Waals surface area contributed by atoms with Gasteiger partial charge in [0.15, 0.2) is 5.78 Å². The zero-order chi connectivity index (χ0) is 17.0. The normalized spacial score (nSPS) is 11.8. The van der Waals surface area contributed by atoms with Crippen molar-refractivity contribution in [2.24, 2.45) is 0 Å². The maximum Gasteiger partial charge on any atom is 0.221 e.